The standard InChI is InChI=1S/C13H17ClN2O/c14-11-5-3-4-10(8-11)12(17)16-13(9-15)6-1-2-7-13/h3-5,8H,1-2,6-7,9,15H2,(H,16,17). The summed E-state index contributed by atoms with van der Waals surface area (Å²) in [7, 11) is 0. The quantitative estimate of drug-likeness (QED) is 0.868. The molecule has 1 aromatic rings. The van der Waals surface area contributed by atoms with Crippen LogP contribution in [0, 0.1) is 0 Å². The maximum absolute atomic E-state index is 12.1. The number of nitrogens with one attached hydrogen (secondary N) is 1. The van der Waals surface area contributed by atoms with E-state index < -0.39 is 0 Å². The van der Waals surface area contributed by atoms with Crippen molar-refractivity contribution in [2.24, 2.45) is 5.73 Å². The summed E-state index contributed by atoms with van der Waals surface area (Å²) in [5.41, 5.74) is 6.17. The van der Waals surface area contributed by atoms with Crippen LogP contribution in [0.5, 0.6) is 0 Å². The highest BCUT2D eigenvalue weighted by molar-refractivity contribution is 6.30. The molecule has 1 saturated carbocycles. The molecule has 1 aromatic carbocycles. The minimum absolute atomic E-state index is 0.0835. The molecule has 1 amide bonds. The summed E-state index contributed by atoms with van der Waals surface area (Å²) in [5, 5.41) is 3.64. The van der Waals surface area contributed by atoms with Crippen LogP contribution in [-0.2, 0) is 0 Å². The van der Waals surface area contributed by atoms with E-state index in [1.54, 1.807) is 24.3 Å². The van der Waals surface area contributed by atoms with Crippen molar-refractivity contribution < 1.29 is 4.79 Å². The van der Waals surface area contributed by atoms with Crippen LogP contribution in [0.1, 0.15) is 36.0 Å². The van der Waals surface area contributed by atoms with Crippen LogP contribution >= 0.6 is 11.6 Å². The second kappa shape index (κ2) is 5.07. The van der Waals surface area contributed by atoms with Crippen molar-refractivity contribution in [1.29, 1.82) is 0 Å². The van der Waals surface area contributed by atoms with E-state index in [4.69, 9.17) is 17.3 Å². The number of hydrogen-bond donors (Lipinski definition) is 2. The molecule has 1 aliphatic rings. The fourth-order valence-corrected chi connectivity index (χ4v) is 2.56. The number of hydrogen-bond acceptors (Lipinski definition) is 2. The van der Waals surface area contributed by atoms with Crippen molar-refractivity contribution in [3.8, 4) is 0 Å². The fourth-order valence-electron chi connectivity index (χ4n) is 2.37. The lowest BCUT2D eigenvalue weighted by molar-refractivity contribution is 0.0903. The number of nitrogens with two attached hydrogens (primary N) is 1. The SMILES string of the molecule is NCC1(NC(=O)c2cccc(Cl)c2)CCCC1. The van der Waals surface area contributed by atoms with Gasteiger partial charge in [0.2, 0.25) is 0 Å². The number of carbonyl (C=O) groups is 1. The van der Waals surface area contributed by atoms with Gasteiger partial charge in [0.15, 0.2) is 0 Å². The van der Waals surface area contributed by atoms with E-state index in [2.05, 4.69) is 5.32 Å². The largest absolute Gasteiger partial charge is 0.345 e. The first kappa shape index (κ1) is 12.4. The third-order valence-corrected chi connectivity index (χ3v) is 3.65. The van der Waals surface area contributed by atoms with E-state index in [-0.39, 0.29) is 11.4 Å². The van der Waals surface area contributed by atoms with Gasteiger partial charge in [-0.15, -0.1) is 0 Å². The molecule has 0 heterocycles. The fraction of sp³-hybridized carbons (Fsp3) is 0.462. The van der Waals surface area contributed by atoms with E-state index in [1.165, 1.54) is 0 Å². The van der Waals surface area contributed by atoms with Crippen LogP contribution < -0.4 is 11.1 Å². The summed E-state index contributed by atoms with van der Waals surface area (Å²) in [4.78, 5) is 12.1. The summed E-state index contributed by atoms with van der Waals surface area (Å²) in [6, 6.07) is 6.98. The highest BCUT2D eigenvalue weighted by Gasteiger charge is 2.33. The Morgan fingerprint density at radius 2 is 2.12 bits per heavy atom. The molecule has 3 nitrogen and oxygen atoms in total. The minimum Gasteiger partial charge on any atom is -0.345 e. The number of carbonyl (C=O) groups excluding carboxylic acids is 1. The first-order valence-corrected chi connectivity index (χ1v) is 6.31. The molecule has 17 heavy (non-hydrogen) atoms. The lowest BCUT2D eigenvalue weighted by Gasteiger charge is -2.28. The van der Waals surface area contributed by atoms with Gasteiger partial charge >= 0.3 is 0 Å². The molecule has 0 spiro atoms. The number of benzene rings is 1. The third kappa shape index (κ3) is 2.79. The zero-order chi connectivity index (χ0) is 12.3. The second-order valence-electron chi connectivity index (χ2n) is 4.66. The third-order valence-electron chi connectivity index (χ3n) is 3.42. The molecule has 1 aliphatic carbocycles. The van der Waals surface area contributed by atoms with Gasteiger partial charge in [-0.2, -0.15) is 0 Å². The molecular weight excluding hydrogens is 236 g/mol. The molecular formula is C13H17ClN2O. The Bertz CT molecular complexity index is 414. The van der Waals surface area contributed by atoms with E-state index in [0.717, 1.165) is 25.7 Å². The zero-order valence-corrected chi connectivity index (χ0v) is 10.5. The van der Waals surface area contributed by atoms with Gasteiger partial charge in [-0.05, 0) is 31.0 Å². The van der Waals surface area contributed by atoms with Gasteiger partial charge in [-0.3, -0.25) is 4.79 Å². The highest BCUT2D eigenvalue weighted by Crippen LogP contribution is 2.29. The number of rotatable bonds is 3. The molecule has 0 bridgehead atoms. The minimum atomic E-state index is -0.209. The molecule has 2 rings (SSSR count). The van der Waals surface area contributed by atoms with Crippen LogP contribution in [0.25, 0.3) is 0 Å². The van der Waals surface area contributed by atoms with Crippen LogP contribution in [0.4, 0.5) is 0 Å². The first-order valence-electron chi connectivity index (χ1n) is 5.93. The Hall–Kier alpha value is -1.06. The highest BCUT2D eigenvalue weighted by atomic mass is 35.5. The molecule has 0 atom stereocenters. The van der Waals surface area contributed by atoms with Crippen LogP contribution in [0.2, 0.25) is 5.02 Å². The van der Waals surface area contributed by atoms with Crippen LogP contribution in [0.3, 0.4) is 0 Å². The lowest BCUT2D eigenvalue weighted by Crippen LogP contribution is -2.51. The van der Waals surface area contributed by atoms with Gasteiger partial charge in [-0.25, -0.2) is 0 Å². The average Bonchev–Trinajstić information content (AvgIpc) is 2.78. The Labute approximate surface area is 106 Å². The zero-order valence-electron chi connectivity index (χ0n) is 9.71. The molecule has 4 heteroatoms. The number of halogens is 1. The van der Waals surface area contributed by atoms with Gasteiger partial charge in [0.1, 0.15) is 0 Å². The predicted molar refractivity (Wildman–Crippen MR) is 69.2 cm³/mol. The van der Waals surface area contributed by atoms with E-state index in [0.29, 0.717) is 17.1 Å². The summed E-state index contributed by atoms with van der Waals surface area (Å²) < 4.78 is 0. The molecule has 0 saturated heterocycles. The molecule has 92 valence electrons. The van der Waals surface area contributed by atoms with Crippen molar-refractivity contribution in [2.45, 2.75) is 31.2 Å². The Balaban J connectivity index is 2.11. The van der Waals surface area contributed by atoms with Gasteiger partial charge in [-0.1, -0.05) is 30.5 Å². The molecule has 3 N–H and O–H groups in total. The van der Waals surface area contributed by atoms with Gasteiger partial charge < -0.3 is 11.1 Å². The second-order valence-corrected chi connectivity index (χ2v) is 5.09. The van der Waals surface area contributed by atoms with E-state index in [1.807, 2.05) is 0 Å². The summed E-state index contributed by atoms with van der Waals surface area (Å²) >= 11 is 5.87. The Morgan fingerprint density at radius 3 is 2.71 bits per heavy atom. The summed E-state index contributed by atoms with van der Waals surface area (Å²) in [5.74, 6) is -0.0835. The van der Waals surface area contributed by atoms with Crippen molar-refractivity contribution >= 4 is 17.5 Å². The van der Waals surface area contributed by atoms with Crippen molar-refractivity contribution in [3.05, 3.63) is 34.9 Å². The van der Waals surface area contributed by atoms with Crippen LogP contribution in [0.15, 0.2) is 24.3 Å². The maximum atomic E-state index is 12.1. The lowest BCUT2D eigenvalue weighted by atomic mass is 9.97. The molecule has 0 aliphatic heterocycles. The molecule has 0 radical (unpaired) electrons. The average molecular weight is 253 g/mol. The van der Waals surface area contributed by atoms with E-state index in [9.17, 15) is 4.79 Å². The topological polar surface area (TPSA) is 55.1 Å². The summed E-state index contributed by atoms with van der Waals surface area (Å²) in [6.45, 7) is 0.499. The Kier molecular flexibility index (Phi) is 3.69. The maximum Gasteiger partial charge on any atom is 0.251 e. The first-order chi connectivity index (χ1) is 8.15. The molecule has 0 unspecified atom stereocenters. The van der Waals surface area contributed by atoms with Crippen molar-refractivity contribution in [3.63, 3.8) is 0 Å². The van der Waals surface area contributed by atoms with E-state index >= 15 is 0 Å². The predicted octanol–water partition coefficient (Wildman–Crippen LogP) is 2.34. The van der Waals surface area contributed by atoms with Gasteiger partial charge in [0.25, 0.3) is 5.91 Å². The van der Waals surface area contributed by atoms with Crippen molar-refractivity contribution in [1.82, 2.24) is 5.32 Å². The van der Waals surface area contributed by atoms with Crippen LogP contribution in [-0.4, -0.2) is 18.0 Å². The smallest absolute Gasteiger partial charge is 0.251 e. The Morgan fingerprint density at radius 1 is 1.41 bits per heavy atom. The molecule has 0 aromatic heterocycles. The molecule has 1 fully saturated rings. The van der Waals surface area contributed by atoms with Gasteiger partial charge in [0.05, 0.1) is 5.54 Å². The number of amides is 1. The normalized spacial score (nSPS) is 18.0. The summed E-state index contributed by atoms with van der Waals surface area (Å²) in [6.07, 6.45) is 4.20. The van der Waals surface area contributed by atoms with Crippen molar-refractivity contribution in [2.75, 3.05) is 6.54 Å². The van der Waals surface area contributed by atoms with Gasteiger partial charge in [0, 0.05) is 17.1 Å². The monoisotopic (exact) mass is 252 g/mol.